The average molecular weight is 401 g/mol. The van der Waals surface area contributed by atoms with E-state index in [1.165, 1.54) is 42.5 Å². The Hall–Kier alpha value is -4.26. The first-order chi connectivity index (χ1) is 14.4. The summed E-state index contributed by atoms with van der Waals surface area (Å²) < 4.78 is 11.0. The smallest absolute Gasteiger partial charge is 0.343 e. The summed E-state index contributed by atoms with van der Waals surface area (Å²) in [5.74, 6) is -0.330. The van der Waals surface area contributed by atoms with Gasteiger partial charge in [0.15, 0.2) is 5.76 Å². The summed E-state index contributed by atoms with van der Waals surface area (Å²) in [7, 11) is 0. The van der Waals surface area contributed by atoms with E-state index in [4.69, 9.17) is 9.47 Å². The Balaban J connectivity index is 1.57. The number of benzene rings is 3. The monoisotopic (exact) mass is 401 g/mol. The third-order valence-electron chi connectivity index (χ3n) is 4.60. The maximum atomic E-state index is 12.6. The molecule has 4 rings (SSSR count). The second-order valence-corrected chi connectivity index (χ2v) is 6.65. The number of rotatable bonds is 4. The number of fused-ring (bicyclic) bond motifs is 1. The van der Waals surface area contributed by atoms with Crippen LogP contribution in [0.25, 0.3) is 6.08 Å². The Bertz CT molecular complexity index is 1230. The number of carbonyl (C=O) groups is 2. The number of nitro groups is 1. The molecule has 0 aromatic heterocycles. The summed E-state index contributed by atoms with van der Waals surface area (Å²) in [5, 5.41) is 10.9. The molecule has 3 aromatic carbocycles. The number of hydrogen-bond acceptors (Lipinski definition) is 6. The minimum Gasteiger partial charge on any atom is -0.452 e. The second kappa shape index (κ2) is 7.63. The van der Waals surface area contributed by atoms with Crippen molar-refractivity contribution in [3.8, 4) is 11.5 Å². The molecule has 1 aliphatic rings. The molecule has 3 aromatic rings. The standard InChI is InChI=1S/C23H15NO6/c1-14-5-2-3-8-18(14)23(26)29-17-9-10-19-20(13-17)30-21(22(19)25)12-15-6-4-7-16(11-15)24(27)28/h2-13H,1H3/b21-12-. The lowest BCUT2D eigenvalue weighted by Crippen LogP contribution is -2.10. The number of nitro benzene ring substituents is 1. The number of ketones is 1. The molecular weight excluding hydrogens is 386 g/mol. The fourth-order valence-electron chi connectivity index (χ4n) is 3.07. The molecular formula is C23H15NO6. The maximum Gasteiger partial charge on any atom is 0.343 e. The molecule has 1 heterocycles. The van der Waals surface area contributed by atoms with Gasteiger partial charge in [-0.1, -0.05) is 30.3 Å². The van der Waals surface area contributed by atoms with Gasteiger partial charge in [-0.3, -0.25) is 14.9 Å². The Kier molecular flexibility index (Phi) is 4.85. The number of ether oxygens (including phenoxy) is 2. The molecule has 0 spiro atoms. The van der Waals surface area contributed by atoms with E-state index in [-0.39, 0.29) is 28.7 Å². The van der Waals surface area contributed by atoms with Gasteiger partial charge in [-0.05, 0) is 42.3 Å². The summed E-state index contributed by atoms with van der Waals surface area (Å²) >= 11 is 0. The number of allylic oxidation sites excluding steroid dienone is 1. The number of esters is 1. The average Bonchev–Trinajstić information content (AvgIpc) is 3.03. The number of nitrogens with zero attached hydrogens (tertiary/aromatic N) is 1. The first-order valence-electron chi connectivity index (χ1n) is 9.03. The lowest BCUT2D eigenvalue weighted by molar-refractivity contribution is -0.384. The molecule has 0 bridgehead atoms. The van der Waals surface area contributed by atoms with Crippen molar-refractivity contribution in [2.24, 2.45) is 0 Å². The molecule has 1 aliphatic heterocycles. The predicted octanol–water partition coefficient (Wildman–Crippen LogP) is 4.74. The highest BCUT2D eigenvalue weighted by molar-refractivity contribution is 6.14. The van der Waals surface area contributed by atoms with Gasteiger partial charge in [0, 0.05) is 18.2 Å². The van der Waals surface area contributed by atoms with E-state index in [9.17, 15) is 19.7 Å². The lowest BCUT2D eigenvalue weighted by Gasteiger charge is -2.07. The van der Waals surface area contributed by atoms with Crippen LogP contribution < -0.4 is 9.47 Å². The van der Waals surface area contributed by atoms with Crippen LogP contribution in [0.5, 0.6) is 11.5 Å². The normalized spacial score (nSPS) is 13.6. The number of aryl methyl sites for hydroxylation is 1. The number of Topliss-reactive ketones (excluding diaryl/α,β-unsaturated/α-hetero) is 1. The molecule has 0 aliphatic carbocycles. The summed E-state index contributed by atoms with van der Waals surface area (Å²) in [6, 6.07) is 17.4. The van der Waals surface area contributed by atoms with Crippen molar-refractivity contribution in [1.82, 2.24) is 0 Å². The van der Waals surface area contributed by atoms with Crippen molar-refractivity contribution in [3.05, 3.63) is 105 Å². The predicted molar refractivity (Wildman–Crippen MR) is 109 cm³/mol. The van der Waals surface area contributed by atoms with E-state index >= 15 is 0 Å². The Morgan fingerprint density at radius 1 is 1.07 bits per heavy atom. The van der Waals surface area contributed by atoms with Crippen LogP contribution >= 0.6 is 0 Å². The minimum atomic E-state index is -0.511. The molecule has 0 saturated heterocycles. The van der Waals surface area contributed by atoms with Gasteiger partial charge in [0.25, 0.3) is 5.69 Å². The molecule has 148 valence electrons. The molecule has 7 heteroatoms. The molecule has 7 nitrogen and oxygen atoms in total. The molecule has 30 heavy (non-hydrogen) atoms. The van der Waals surface area contributed by atoms with Crippen LogP contribution in [-0.2, 0) is 0 Å². The Labute approximate surface area is 171 Å². The summed E-state index contributed by atoms with van der Waals surface area (Å²) in [6.45, 7) is 1.81. The minimum absolute atomic E-state index is 0.0351. The van der Waals surface area contributed by atoms with Crippen LogP contribution in [0, 0.1) is 17.0 Å². The van der Waals surface area contributed by atoms with E-state index < -0.39 is 10.9 Å². The van der Waals surface area contributed by atoms with Gasteiger partial charge in [0.05, 0.1) is 16.1 Å². The maximum absolute atomic E-state index is 12.6. The second-order valence-electron chi connectivity index (χ2n) is 6.65. The Morgan fingerprint density at radius 3 is 2.63 bits per heavy atom. The largest absolute Gasteiger partial charge is 0.452 e. The van der Waals surface area contributed by atoms with E-state index in [1.807, 2.05) is 19.1 Å². The van der Waals surface area contributed by atoms with Crippen molar-refractivity contribution in [2.75, 3.05) is 0 Å². The highest BCUT2D eigenvalue weighted by Gasteiger charge is 2.28. The van der Waals surface area contributed by atoms with Crippen LogP contribution in [0.1, 0.15) is 31.8 Å². The fraction of sp³-hybridized carbons (Fsp3) is 0.0435. The lowest BCUT2D eigenvalue weighted by atomic mass is 10.1. The van der Waals surface area contributed by atoms with Gasteiger partial charge in [0.2, 0.25) is 5.78 Å². The van der Waals surface area contributed by atoms with Gasteiger partial charge < -0.3 is 9.47 Å². The van der Waals surface area contributed by atoms with Crippen molar-refractivity contribution >= 4 is 23.5 Å². The quantitative estimate of drug-likeness (QED) is 0.206. The van der Waals surface area contributed by atoms with Crippen molar-refractivity contribution in [3.63, 3.8) is 0 Å². The van der Waals surface area contributed by atoms with Crippen LogP contribution in [0.15, 0.2) is 72.5 Å². The number of carbonyl (C=O) groups excluding carboxylic acids is 2. The van der Waals surface area contributed by atoms with Gasteiger partial charge >= 0.3 is 5.97 Å². The fourth-order valence-corrected chi connectivity index (χ4v) is 3.07. The topological polar surface area (TPSA) is 95.7 Å². The van der Waals surface area contributed by atoms with E-state index in [0.29, 0.717) is 16.7 Å². The first-order valence-corrected chi connectivity index (χ1v) is 9.03. The molecule has 0 amide bonds. The van der Waals surface area contributed by atoms with Crippen molar-refractivity contribution in [2.45, 2.75) is 6.92 Å². The van der Waals surface area contributed by atoms with Crippen LogP contribution in [0.3, 0.4) is 0 Å². The third-order valence-corrected chi connectivity index (χ3v) is 4.60. The highest BCUT2D eigenvalue weighted by atomic mass is 16.6. The summed E-state index contributed by atoms with van der Waals surface area (Å²) in [4.78, 5) is 35.4. The third kappa shape index (κ3) is 3.68. The zero-order valence-corrected chi connectivity index (χ0v) is 15.8. The first kappa shape index (κ1) is 19.1. The highest BCUT2D eigenvalue weighted by Crippen LogP contribution is 2.35. The summed E-state index contributed by atoms with van der Waals surface area (Å²) in [5.41, 5.74) is 1.94. The number of hydrogen-bond donors (Lipinski definition) is 0. The molecule has 0 saturated carbocycles. The molecule has 0 N–H and O–H groups in total. The van der Waals surface area contributed by atoms with Crippen LogP contribution in [0.2, 0.25) is 0 Å². The molecule has 0 radical (unpaired) electrons. The van der Waals surface area contributed by atoms with Crippen molar-refractivity contribution in [1.29, 1.82) is 0 Å². The van der Waals surface area contributed by atoms with E-state index in [1.54, 1.807) is 18.2 Å². The zero-order chi connectivity index (χ0) is 21.3. The summed E-state index contributed by atoms with van der Waals surface area (Å²) in [6.07, 6.45) is 1.44. The molecule has 0 atom stereocenters. The van der Waals surface area contributed by atoms with Crippen LogP contribution in [0.4, 0.5) is 5.69 Å². The number of non-ortho nitro benzene ring substituents is 1. The van der Waals surface area contributed by atoms with Crippen LogP contribution in [-0.4, -0.2) is 16.7 Å². The van der Waals surface area contributed by atoms with Crippen molar-refractivity contribution < 1.29 is 24.0 Å². The molecule has 0 fully saturated rings. The molecule has 0 unspecified atom stereocenters. The zero-order valence-electron chi connectivity index (χ0n) is 15.8. The van der Waals surface area contributed by atoms with E-state index in [2.05, 4.69) is 0 Å². The van der Waals surface area contributed by atoms with Gasteiger partial charge in [-0.25, -0.2) is 4.79 Å². The van der Waals surface area contributed by atoms with Gasteiger partial charge in [-0.15, -0.1) is 0 Å². The van der Waals surface area contributed by atoms with Gasteiger partial charge in [-0.2, -0.15) is 0 Å². The Morgan fingerprint density at radius 2 is 1.87 bits per heavy atom. The van der Waals surface area contributed by atoms with Gasteiger partial charge in [0.1, 0.15) is 11.5 Å². The SMILES string of the molecule is Cc1ccccc1C(=O)Oc1ccc2c(c1)O/C(=C\c1cccc([N+](=O)[O-])c1)C2=O. The van der Waals surface area contributed by atoms with E-state index in [0.717, 1.165) is 5.56 Å².